The first kappa shape index (κ1) is 14.6. The molecule has 1 aliphatic carbocycles. The Kier molecular flexibility index (Phi) is 4.69. The molecule has 0 heterocycles. The van der Waals surface area contributed by atoms with Crippen molar-refractivity contribution in [2.75, 3.05) is 0 Å². The van der Waals surface area contributed by atoms with Crippen molar-refractivity contribution in [3.8, 4) is 0 Å². The van der Waals surface area contributed by atoms with Crippen molar-refractivity contribution in [2.45, 2.75) is 37.8 Å². The van der Waals surface area contributed by atoms with Crippen LogP contribution in [0.2, 0.25) is 10.0 Å². The van der Waals surface area contributed by atoms with E-state index < -0.39 is 18.1 Å². The van der Waals surface area contributed by atoms with E-state index in [9.17, 15) is 14.3 Å². The molecule has 1 aliphatic rings. The van der Waals surface area contributed by atoms with Crippen LogP contribution < -0.4 is 0 Å². The fraction of sp³-hybridized carbons (Fsp3) is 0.500. The number of carbonyl (C=O) groups is 1. The van der Waals surface area contributed by atoms with Gasteiger partial charge in [0.2, 0.25) is 0 Å². The molecule has 104 valence electrons. The zero-order valence-electron chi connectivity index (χ0n) is 10.3. The maximum Gasteiger partial charge on any atom is 0.310 e. The molecule has 3 atom stereocenters. The number of alkyl halides is 1. The molecular weight excluding hydrogens is 290 g/mol. The minimum Gasteiger partial charge on any atom is -0.481 e. The lowest BCUT2D eigenvalue weighted by atomic mass is 9.88. The predicted octanol–water partition coefficient (Wildman–Crippen LogP) is 4.69. The van der Waals surface area contributed by atoms with E-state index in [4.69, 9.17) is 23.2 Å². The third-order valence-electron chi connectivity index (χ3n) is 3.69. The summed E-state index contributed by atoms with van der Waals surface area (Å²) in [6.07, 6.45) is 1.43. The van der Waals surface area contributed by atoms with Crippen molar-refractivity contribution in [3.63, 3.8) is 0 Å². The van der Waals surface area contributed by atoms with Crippen LogP contribution in [0.3, 0.4) is 0 Å². The highest BCUT2D eigenvalue weighted by molar-refractivity contribution is 6.42. The van der Waals surface area contributed by atoms with Crippen LogP contribution in [-0.2, 0) is 4.79 Å². The topological polar surface area (TPSA) is 37.3 Å². The molecule has 0 aliphatic heterocycles. The number of carboxylic acids is 1. The normalized spacial score (nSPS) is 24.4. The van der Waals surface area contributed by atoms with Crippen LogP contribution in [0.25, 0.3) is 0 Å². The molecule has 5 heteroatoms. The van der Waals surface area contributed by atoms with E-state index in [1.807, 2.05) is 0 Å². The minimum absolute atomic E-state index is 0.130. The lowest BCUT2D eigenvalue weighted by Gasteiger charge is -2.17. The van der Waals surface area contributed by atoms with Gasteiger partial charge in [-0.1, -0.05) is 29.3 Å². The van der Waals surface area contributed by atoms with Crippen molar-refractivity contribution in [1.82, 2.24) is 0 Å². The average molecular weight is 305 g/mol. The van der Waals surface area contributed by atoms with Gasteiger partial charge in [0.15, 0.2) is 0 Å². The number of benzene rings is 1. The lowest BCUT2D eigenvalue weighted by Crippen LogP contribution is -2.15. The summed E-state index contributed by atoms with van der Waals surface area (Å²) >= 11 is 11.7. The van der Waals surface area contributed by atoms with Gasteiger partial charge in [-0.25, -0.2) is 4.39 Å². The molecule has 2 nitrogen and oxygen atoms in total. The molecule has 2 rings (SSSR count). The molecule has 1 aromatic rings. The van der Waals surface area contributed by atoms with Gasteiger partial charge in [0.25, 0.3) is 0 Å². The minimum atomic E-state index is -0.902. The summed E-state index contributed by atoms with van der Waals surface area (Å²) in [4.78, 5) is 11.4. The second-order valence-corrected chi connectivity index (χ2v) is 5.89. The van der Waals surface area contributed by atoms with Gasteiger partial charge in [-0.15, -0.1) is 0 Å². The van der Waals surface area contributed by atoms with E-state index in [0.29, 0.717) is 34.9 Å². The maximum absolute atomic E-state index is 13.2. The van der Waals surface area contributed by atoms with Crippen LogP contribution in [0.1, 0.15) is 37.2 Å². The first-order valence-corrected chi connectivity index (χ1v) is 7.04. The average Bonchev–Trinajstić information content (AvgIpc) is 2.75. The highest BCUT2D eigenvalue weighted by atomic mass is 35.5. The Morgan fingerprint density at radius 2 is 2.11 bits per heavy atom. The predicted molar refractivity (Wildman–Crippen MR) is 73.7 cm³/mol. The number of carboxylic acid groups (broad SMARTS) is 1. The van der Waals surface area contributed by atoms with E-state index in [0.717, 1.165) is 6.42 Å². The Balaban J connectivity index is 2.15. The number of rotatable bonds is 4. The molecule has 0 aromatic heterocycles. The largest absolute Gasteiger partial charge is 0.481 e. The van der Waals surface area contributed by atoms with Gasteiger partial charge in [0.05, 0.1) is 16.0 Å². The first-order valence-electron chi connectivity index (χ1n) is 6.29. The summed E-state index contributed by atoms with van der Waals surface area (Å²) in [6.45, 7) is 0. The van der Waals surface area contributed by atoms with E-state index >= 15 is 0 Å². The molecule has 1 saturated carbocycles. The molecular formula is C14H15Cl2FO2. The maximum atomic E-state index is 13.2. The van der Waals surface area contributed by atoms with Crippen molar-refractivity contribution in [3.05, 3.63) is 33.8 Å². The number of hydrogen-bond acceptors (Lipinski definition) is 1. The Morgan fingerprint density at radius 3 is 2.63 bits per heavy atom. The third kappa shape index (κ3) is 3.61. The van der Waals surface area contributed by atoms with Gasteiger partial charge in [-0.3, -0.25) is 4.79 Å². The SMILES string of the molecule is O=C(O)C(CC1CCC(F)C1)c1ccc(Cl)c(Cl)c1. The molecule has 19 heavy (non-hydrogen) atoms. The second-order valence-electron chi connectivity index (χ2n) is 5.08. The van der Waals surface area contributed by atoms with E-state index in [2.05, 4.69) is 0 Å². The van der Waals surface area contributed by atoms with Crippen LogP contribution >= 0.6 is 23.2 Å². The summed E-state index contributed by atoms with van der Waals surface area (Å²) in [5.74, 6) is -1.42. The Morgan fingerprint density at radius 1 is 1.37 bits per heavy atom. The summed E-state index contributed by atoms with van der Waals surface area (Å²) < 4.78 is 13.2. The Hall–Kier alpha value is -0.800. The van der Waals surface area contributed by atoms with Crippen LogP contribution in [0, 0.1) is 5.92 Å². The van der Waals surface area contributed by atoms with Gasteiger partial charge in [0, 0.05) is 0 Å². The van der Waals surface area contributed by atoms with Crippen LogP contribution in [0.5, 0.6) is 0 Å². The van der Waals surface area contributed by atoms with Crippen LogP contribution in [0.4, 0.5) is 4.39 Å². The van der Waals surface area contributed by atoms with E-state index in [1.165, 1.54) is 0 Å². The monoisotopic (exact) mass is 304 g/mol. The molecule has 3 unspecified atom stereocenters. The highest BCUT2D eigenvalue weighted by Crippen LogP contribution is 2.37. The highest BCUT2D eigenvalue weighted by Gasteiger charge is 2.30. The Bertz CT molecular complexity index is 479. The molecule has 1 fully saturated rings. The van der Waals surface area contributed by atoms with Gasteiger partial charge < -0.3 is 5.11 Å². The van der Waals surface area contributed by atoms with Crippen LogP contribution in [0.15, 0.2) is 18.2 Å². The van der Waals surface area contributed by atoms with Crippen molar-refractivity contribution >= 4 is 29.2 Å². The third-order valence-corrected chi connectivity index (χ3v) is 4.43. The van der Waals surface area contributed by atoms with Crippen molar-refractivity contribution in [2.24, 2.45) is 5.92 Å². The fourth-order valence-corrected chi connectivity index (χ4v) is 2.98. The molecule has 0 radical (unpaired) electrons. The number of hydrogen-bond donors (Lipinski definition) is 1. The van der Waals surface area contributed by atoms with Crippen LogP contribution in [-0.4, -0.2) is 17.2 Å². The smallest absolute Gasteiger partial charge is 0.310 e. The molecule has 1 aromatic carbocycles. The molecule has 0 spiro atoms. The summed E-state index contributed by atoms with van der Waals surface area (Å²) in [5.41, 5.74) is 0.629. The van der Waals surface area contributed by atoms with E-state index in [1.54, 1.807) is 18.2 Å². The van der Waals surface area contributed by atoms with Gasteiger partial charge >= 0.3 is 5.97 Å². The molecule has 1 N–H and O–H groups in total. The first-order chi connectivity index (χ1) is 8.97. The zero-order valence-corrected chi connectivity index (χ0v) is 11.8. The van der Waals surface area contributed by atoms with Gasteiger partial charge in [-0.2, -0.15) is 0 Å². The molecule has 0 saturated heterocycles. The fourth-order valence-electron chi connectivity index (χ4n) is 2.67. The number of halogens is 3. The van der Waals surface area contributed by atoms with Crippen molar-refractivity contribution < 1.29 is 14.3 Å². The summed E-state index contributed by atoms with van der Waals surface area (Å²) in [5, 5.41) is 10.1. The molecule has 0 amide bonds. The van der Waals surface area contributed by atoms with Crippen molar-refractivity contribution in [1.29, 1.82) is 0 Å². The summed E-state index contributed by atoms with van der Waals surface area (Å²) in [6, 6.07) is 4.86. The van der Waals surface area contributed by atoms with E-state index in [-0.39, 0.29) is 5.92 Å². The molecule has 0 bridgehead atoms. The van der Waals surface area contributed by atoms with Gasteiger partial charge in [-0.05, 0) is 49.3 Å². The quantitative estimate of drug-likeness (QED) is 0.876. The van der Waals surface area contributed by atoms with Gasteiger partial charge in [0.1, 0.15) is 6.17 Å². The lowest BCUT2D eigenvalue weighted by molar-refractivity contribution is -0.139. The standard InChI is InChI=1S/C14H15Cl2FO2/c15-12-4-2-9(7-13(12)16)11(14(18)19)6-8-1-3-10(17)5-8/h2,4,7-8,10-11H,1,3,5-6H2,(H,18,19). The zero-order chi connectivity index (χ0) is 14.0. The second kappa shape index (κ2) is 6.10. The number of aliphatic carboxylic acids is 1. The summed E-state index contributed by atoms with van der Waals surface area (Å²) in [7, 11) is 0. The Labute approximate surface area is 121 Å².